The minimum Gasteiger partial charge on any atom is -0.369 e. The lowest BCUT2D eigenvalue weighted by molar-refractivity contribution is -0.133. The van der Waals surface area contributed by atoms with Crippen LogP contribution in [0.3, 0.4) is 0 Å². The zero-order chi connectivity index (χ0) is 21.4. The van der Waals surface area contributed by atoms with Gasteiger partial charge in [0.1, 0.15) is 0 Å². The van der Waals surface area contributed by atoms with E-state index in [2.05, 4.69) is 15.2 Å². The summed E-state index contributed by atoms with van der Waals surface area (Å²) in [6.45, 7) is 1.10. The van der Waals surface area contributed by atoms with Crippen molar-refractivity contribution in [1.82, 2.24) is 14.3 Å². The van der Waals surface area contributed by atoms with E-state index in [1.54, 1.807) is 36.5 Å². The molecule has 1 fully saturated rings. The van der Waals surface area contributed by atoms with E-state index in [0.29, 0.717) is 30.5 Å². The summed E-state index contributed by atoms with van der Waals surface area (Å²) in [6.07, 6.45) is -1.28. The number of halogens is 3. The predicted octanol–water partition coefficient (Wildman–Crippen LogP) is 3.39. The van der Waals surface area contributed by atoms with Gasteiger partial charge in [0.25, 0.3) is 10.0 Å². The minimum atomic E-state index is -4.17. The first-order valence-corrected chi connectivity index (χ1v) is 11.0. The smallest absolute Gasteiger partial charge is 0.369 e. The second-order valence-electron chi connectivity index (χ2n) is 7.25. The number of benzene rings is 1. The van der Waals surface area contributed by atoms with E-state index in [4.69, 9.17) is 0 Å². The summed E-state index contributed by atoms with van der Waals surface area (Å²) in [5.41, 5.74) is 1.15. The van der Waals surface area contributed by atoms with Crippen LogP contribution in [-0.2, 0) is 10.0 Å². The van der Waals surface area contributed by atoms with Gasteiger partial charge in [0.2, 0.25) is 0 Å². The number of aromatic nitrogens is 2. The van der Waals surface area contributed by atoms with Gasteiger partial charge in [-0.2, -0.15) is 13.2 Å². The Bertz CT molecular complexity index is 1130. The summed E-state index contributed by atoms with van der Waals surface area (Å²) in [5, 5.41) is 3.65. The first-order chi connectivity index (χ1) is 14.3. The molecule has 0 saturated carbocycles. The molecule has 160 valence electrons. The molecule has 0 spiro atoms. The van der Waals surface area contributed by atoms with Gasteiger partial charge in [-0.25, -0.2) is 17.4 Å². The highest BCUT2D eigenvalue weighted by atomic mass is 32.2. The van der Waals surface area contributed by atoms with E-state index in [1.807, 2.05) is 0 Å². The van der Waals surface area contributed by atoms with Gasteiger partial charge in [-0.05, 0) is 30.7 Å². The standard InChI is InChI=1S/C20H21F3N4O2S/c21-20(22,23)9-11-24-15-7-12-26(14-15)18-6-10-25-19-17(18)8-13-27(19)30(28,29)16-4-2-1-3-5-16/h1-6,8,10,13,15,24H,7,9,11-12,14H2. The molecule has 3 heterocycles. The lowest BCUT2D eigenvalue weighted by Gasteiger charge is -2.20. The van der Waals surface area contributed by atoms with Gasteiger partial charge in [0, 0.05) is 49.1 Å². The summed E-state index contributed by atoms with van der Waals surface area (Å²) in [7, 11) is -3.78. The zero-order valence-electron chi connectivity index (χ0n) is 16.0. The number of pyridine rings is 1. The molecular formula is C20H21F3N4O2S. The van der Waals surface area contributed by atoms with Crippen LogP contribution >= 0.6 is 0 Å². The third kappa shape index (κ3) is 4.15. The molecule has 1 saturated heterocycles. The Balaban J connectivity index is 1.56. The van der Waals surface area contributed by atoms with Crippen molar-refractivity contribution < 1.29 is 21.6 Å². The lowest BCUT2D eigenvalue weighted by atomic mass is 10.2. The number of anilines is 1. The maximum Gasteiger partial charge on any atom is 0.390 e. The van der Waals surface area contributed by atoms with Crippen LogP contribution < -0.4 is 10.2 Å². The van der Waals surface area contributed by atoms with E-state index in [9.17, 15) is 21.6 Å². The number of hydrogen-bond acceptors (Lipinski definition) is 5. The molecule has 4 rings (SSSR count). The van der Waals surface area contributed by atoms with Crippen molar-refractivity contribution >= 4 is 26.7 Å². The Labute approximate surface area is 172 Å². The second kappa shape index (κ2) is 7.92. The van der Waals surface area contributed by atoms with E-state index in [1.165, 1.54) is 18.3 Å². The van der Waals surface area contributed by atoms with Gasteiger partial charge in [0.15, 0.2) is 5.65 Å². The highest BCUT2D eigenvalue weighted by Crippen LogP contribution is 2.31. The number of nitrogens with zero attached hydrogens (tertiary/aromatic N) is 3. The Kier molecular flexibility index (Phi) is 5.46. The van der Waals surface area contributed by atoms with Crippen molar-refractivity contribution in [2.45, 2.75) is 30.0 Å². The third-order valence-corrected chi connectivity index (χ3v) is 6.88. The molecule has 2 aromatic heterocycles. The van der Waals surface area contributed by atoms with Crippen molar-refractivity contribution in [3.05, 3.63) is 54.9 Å². The molecule has 1 atom stereocenters. The summed E-state index contributed by atoms with van der Waals surface area (Å²) < 4.78 is 64.2. The van der Waals surface area contributed by atoms with Gasteiger partial charge in [0.05, 0.1) is 11.3 Å². The zero-order valence-corrected chi connectivity index (χ0v) is 16.8. The second-order valence-corrected chi connectivity index (χ2v) is 9.06. The van der Waals surface area contributed by atoms with E-state index in [-0.39, 0.29) is 17.5 Å². The molecule has 1 aromatic carbocycles. The van der Waals surface area contributed by atoms with Gasteiger partial charge >= 0.3 is 6.18 Å². The Morgan fingerprint density at radius 3 is 2.63 bits per heavy atom. The van der Waals surface area contributed by atoms with Crippen LogP contribution in [0.4, 0.5) is 18.9 Å². The molecule has 10 heteroatoms. The number of nitrogens with one attached hydrogen (secondary N) is 1. The van der Waals surface area contributed by atoms with Gasteiger partial charge in [-0.1, -0.05) is 18.2 Å². The summed E-state index contributed by atoms with van der Waals surface area (Å²) in [6, 6.07) is 11.6. The van der Waals surface area contributed by atoms with Crippen LogP contribution in [0.5, 0.6) is 0 Å². The molecule has 0 amide bonds. The van der Waals surface area contributed by atoms with Crippen LogP contribution in [0.1, 0.15) is 12.8 Å². The number of alkyl halides is 3. The molecule has 1 aliphatic rings. The molecule has 1 N–H and O–H groups in total. The maximum absolute atomic E-state index is 13.0. The maximum atomic E-state index is 13.0. The average molecular weight is 438 g/mol. The molecular weight excluding hydrogens is 417 g/mol. The van der Waals surface area contributed by atoms with Crippen LogP contribution in [0.2, 0.25) is 0 Å². The Morgan fingerprint density at radius 2 is 1.90 bits per heavy atom. The van der Waals surface area contributed by atoms with E-state index in [0.717, 1.165) is 9.66 Å². The van der Waals surface area contributed by atoms with Crippen molar-refractivity contribution in [2.75, 3.05) is 24.5 Å². The fourth-order valence-electron chi connectivity index (χ4n) is 3.74. The first kappa shape index (κ1) is 20.7. The van der Waals surface area contributed by atoms with Crippen molar-refractivity contribution in [1.29, 1.82) is 0 Å². The third-order valence-electron chi connectivity index (χ3n) is 5.20. The number of hydrogen-bond donors (Lipinski definition) is 1. The largest absolute Gasteiger partial charge is 0.390 e. The van der Waals surface area contributed by atoms with Crippen molar-refractivity contribution in [3.63, 3.8) is 0 Å². The fourth-order valence-corrected chi connectivity index (χ4v) is 5.06. The number of rotatable bonds is 6. The average Bonchev–Trinajstić information content (AvgIpc) is 3.35. The van der Waals surface area contributed by atoms with Crippen molar-refractivity contribution in [3.8, 4) is 0 Å². The summed E-state index contributed by atoms with van der Waals surface area (Å²) in [4.78, 5) is 6.50. The predicted molar refractivity (Wildman–Crippen MR) is 108 cm³/mol. The topological polar surface area (TPSA) is 67.2 Å². The van der Waals surface area contributed by atoms with Gasteiger partial charge in [-0.15, -0.1) is 0 Å². The molecule has 1 unspecified atom stereocenters. The quantitative estimate of drug-likeness (QED) is 0.639. The molecule has 1 aliphatic heterocycles. The van der Waals surface area contributed by atoms with Crippen LogP contribution in [0.25, 0.3) is 11.0 Å². The molecule has 30 heavy (non-hydrogen) atoms. The SMILES string of the molecule is O=S(=O)(c1ccccc1)n1ccc2c(N3CCC(NCCC(F)(F)F)C3)ccnc21. The van der Waals surface area contributed by atoms with E-state index >= 15 is 0 Å². The van der Waals surface area contributed by atoms with Gasteiger partial charge < -0.3 is 10.2 Å². The lowest BCUT2D eigenvalue weighted by Crippen LogP contribution is -2.34. The summed E-state index contributed by atoms with van der Waals surface area (Å²) >= 11 is 0. The highest BCUT2D eigenvalue weighted by Gasteiger charge is 2.29. The minimum absolute atomic E-state index is 0.0503. The first-order valence-electron chi connectivity index (χ1n) is 9.57. The van der Waals surface area contributed by atoms with Gasteiger partial charge in [-0.3, -0.25) is 0 Å². The van der Waals surface area contributed by atoms with Crippen molar-refractivity contribution in [2.24, 2.45) is 0 Å². The fraction of sp³-hybridized carbons (Fsp3) is 0.350. The van der Waals surface area contributed by atoms with Crippen LogP contribution in [0.15, 0.2) is 59.8 Å². The molecule has 0 aliphatic carbocycles. The normalized spacial score (nSPS) is 17.7. The van der Waals surface area contributed by atoms with Crippen LogP contribution in [-0.4, -0.2) is 49.2 Å². The monoisotopic (exact) mass is 438 g/mol. The molecule has 3 aromatic rings. The van der Waals surface area contributed by atoms with E-state index < -0.39 is 22.6 Å². The Hall–Kier alpha value is -2.59. The molecule has 6 nitrogen and oxygen atoms in total. The number of fused-ring (bicyclic) bond motifs is 1. The van der Waals surface area contributed by atoms with Crippen LogP contribution in [0, 0.1) is 0 Å². The Morgan fingerprint density at radius 1 is 1.13 bits per heavy atom. The molecule has 0 bridgehead atoms. The summed E-state index contributed by atoms with van der Waals surface area (Å²) in [5.74, 6) is 0. The molecule has 0 radical (unpaired) electrons. The highest BCUT2D eigenvalue weighted by molar-refractivity contribution is 7.90.